The summed E-state index contributed by atoms with van der Waals surface area (Å²) >= 11 is 0. The van der Waals surface area contributed by atoms with E-state index >= 15 is 0 Å². The summed E-state index contributed by atoms with van der Waals surface area (Å²) in [5, 5.41) is 0. The first-order valence-electron chi connectivity index (χ1n) is 7.09. The van der Waals surface area contributed by atoms with E-state index < -0.39 is 9.84 Å². The van der Waals surface area contributed by atoms with Crippen LogP contribution in [-0.2, 0) is 19.4 Å². The minimum atomic E-state index is -3.05. The number of anilines is 1. The molecule has 1 fully saturated rings. The molecule has 0 spiro atoms. The van der Waals surface area contributed by atoms with Crippen LogP contribution in [0.2, 0.25) is 0 Å². The van der Waals surface area contributed by atoms with E-state index in [1.54, 1.807) is 31.3 Å². The minimum Gasteiger partial charge on any atom is -0.340 e. The van der Waals surface area contributed by atoms with Crippen LogP contribution in [0.15, 0.2) is 30.3 Å². The molecule has 1 saturated heterocycles. The van der Waals surface area contributed by atoms with Crippen molar-refractivity contribution in [2.75, 3.05) is 30.0 Å². The van der Waals surface area contributed by atoms with Crippen LogP contribution in [0.5, 0.6) is 0 Å². The Kier molecular flexibility index (Phi) is 4.85. The van der Waals surface area contributed by atoms with Crippen LogP contribution in [0, 0.1) is 0 Å². The van der Waals surface area contributed by atoms with Crippen LogP contribution >= 0.6 is 0 Å². The summed E-state index contributed by atoms with van der Waals surface area (Å²) in [4.78, 5) is 27.0. The van der Waals surface area contributed by atoms with Crippen molar-refractivity contribution in [3.05, 3.63) is 30.3 Å². The fourth-order valence-corrected chi connectivity index (χ4v) is 4.30. The molecule has 1 aromatic carbocycles. The van der Waals surface area contributed by atoms with Crippen molar-refractivity contribution in [2.45, 2.75) is 19.4 Å². The van der Waals surface area contributed by atoms with E-state index in [0.717, 1.165) is 0 Å². The highest BCUT2D eigenvalue weighted by atomic mass is 32.2. The lowest BCUT2D eigenvalue weighted by Gasteiger charge is -2.27. The van der Waals surface area contributed by atoms with Gasteiger partial charge in [-0.05, 0) is 18.6 Å². The number of para-hydroxylation sites is 1. The van der Waals surface area contributed by atoms with Gasteiger partial charge in [-0.1, -0.05) is 18.2 Å². The lowest BCUT2D eigenvalue weighted by Crippen LogP contribution is -2.45. The van der Waals surface area contributed by atoms with Gasteiger partial charge in [0.25, 0.3) is 0 Å². The van der Waals surface area contributed by atoms with Gasteiger partial charge in [0, 0.05) is 25.7 Å². The molecule has 22 heavy (non-hydrogen) atoms. The molecule has 1 unspecified atom stereocenters. The first kappa shape index (κ1) is 16.5. The maximum atomic E-state index is 12.4. The first-order valence-corrected chi connectivity index (χ1v) is 8.91. The molecule has 0 radical (unpaired) electrons. The lowest BCUT2D eigenvalue weighted by atomic mass is 10.2. The number of likely N-dealkylation sites (N-methyl/N-ethyl adjacent to an activating group) is 1. The molecule has 6 nitrogen and oxygen atoms in total. The van der Waals surface area contributed by atoms with Crippen molar-refractivity contribution in [3.8, 4) is 0 Å². The Bertz CT molecular complexity index is 657. The summed E-state index contributed by atoms with van der Waals surface area (Å²) in [6.45, 7) is 1.31. The number of rotatable bonds is 4. The zero-order valence-electron chi connectivity index (χ0n) is 12.7. The average molecular weight is 324 g/mol. The highest BCUT2D eigenvalue weighted by Crippen LogP contribution is 2.18. The van der Waals surface area contributed by atoms with Gasteiger partial charge in [-0.25, -0.2) is 8.42 Å². The molecule has 0 saturated carbocycles. The Hall–Kier alpha value is -1.89. The van der Waals surface area contributed by atoms with E-state index in [-0.39, 0.29) is 35.9 Å². The van der Waals surface area contributed by atoms with Crippen molar-refractivity contribution >= 4 is 27.3 Å². The van der Waals surface area contributed by atoms with Crippen molar-refractivity contribution in [1.82, 2.24) is 4.90 Å². The third kappa shape index (κ3) is 3.85. The Morgan fingerprint density at radius 3 is 2.36 bits per heavy atom. The highest BCUT2D eigenvalue weighted by Gasteiger charge is 2.33. The van der Waals surface area contributed by atoms with E-state index in [9.17, 15) is 18.0 Å². The fourth-order valence-electron chi connectivity index (χ4n) is 2.52. The molecule has 1 heterocycles. The van der Waals surface area contributed by atoms with Crippen LogP contribution in [0.25, 0.3) is 0 Å². The van der Waals surface area contributed by atoms with E-state index in [1.807, 2.05) is 6.07 Å². The Morgan fingerprint density at radius 1 is 1.23 bits per heavy atom. The molecular weight excluding hydrogens is 304 g/mol. The van der Waals surface area contributed by atoms with Crippen LogP contribution in [0.3, 0.4) is 0 Å². The smallest absolute Gasteiger partial charge is 0.242 e. The average Bonchev–Trinajstić information content (AvgIpc) is 2.84. The van der Waals surface area contributed by atoms with Crippen LogP contribution < -0.4 is 4.90 Å². The van der Waals surface area contributed by atoms with Gasteiger partial charge in [-0.15, -0.1) is 0 Å². The zero-order valence-corrected chi connectivity index (χ0v) is 13.5. The molecule has 2 amide bonds. The highest BCUT2D eigenvalue weighted by molar-refractivity contribution is 7.91. The van der Waals surface area contributed by atoms with Gasteiger partial charge in [0.15, 0.2) is 9.84 Å². The van der Waals surface area contributed by atoms with E-state index in [1.165, 1.54) is 16.7 Å². The monoisotopic (exact) mass is 324 g/mol. The summed E-state index contributed by atoms with van der Waals surface area (Å²) in [5.41, 5.74) is 0.649. The van der Waals surface area contributed by atoms with Gasteiger partial charge in [0.1, 0.15) is 6.54 Å². The summed E-state index contributed by atoms with van der Waals surface area (Å²) < 4.78 is 23.0. The van der Waals surface area contributed by atoms with Crippen molar-refractivity contribution in [3.63, 3.8) is 0 Å². The van der Waals surface area contributed by atoms with E-state index in [0.29, 0.717) is 12.1 Å². The lowest BCUT2D eigenvalue weighted by molar-refractivity contribution is -0.131. The molecule has 0 aromatic heterocycles. The maximum Gasteiger partial charge on any atom is 0.242 e. The Labute approximate surface area is 130 Å². The fraction of sp³-hybridized carbons (Fsp3) is 0.467. The normalized spacial score (nSPS) is 19.6. The molecule has 1 aromatic rings. The molecule has 1 aliphatic heterocycles. The Balaban J connectivity index is 2.07. The Morgan fingerprint density at radius 2 is 1.86 bits per heavy atom. The molecule has 7 heteroatoms. The number of nitrogens with zero attached hydrogens (tertiary/aromatic N) is 2. The molecular formula is C15H20N2O4S. The van der Waals surface area contributed by atoms with E-state index in [2.05, 4.69) is 0 Å². The topological polar surface area (TPSA) is 74.8 Å². The van der Waals surface area contributed by atoms with Gasteiger partial charge in [-0.2, -0.15) is 0 Å². The number of amides is 2. The van der Waals surface area contributed by atoms with Gasteiger partial charge in [-0.3, -0.25) is 9.59 Å². The molecule has 1 atom stereocenters. The molecule has 1 aliphatic rings. The minimum absolute atomic E-state index is 0.000643. The molecule has 120 valence electrons. The second-order valence-corrected chi connectivity index (χ2v) is 7.73. The summed E-state index contributed by atoms with van der Waals surface area (Å²) in [5.74, 6) is -0.376. The summed E-state index contributed by atoms with van der Waals surface area (Å²) in [7, 11) is -1.45. The predicted octanol–water partition coefficient (Wildman–Crippen LogP) is 0.685. The maximum absolute atomic E-state index is 12.4. The van der Waals surface area contributed by atoms with E-state index in [4.69, 9.17) is 0 Å². The van der Waals surface area contributed by atoms with Crippen LogP contribution in [-0.4, -0.2) is 56.3 Å². The van der Waals surface area contributed by atoms with Crippen LogP contribution in [0.1, 0.15) is 13.3 Å². The van der Waals surface area contributed by atoms with Gasteiger partial charge < -0.3 is 9.80 Å². The quantitative estimate of drug-likeness (QED) is 0.816. The largest absolute Gasteiger partial charge is 0.340 e. The van der Waals surface area contributed by atoms with Crippen molar-refractivity contribution in [2.24, 2.45) is 0 Å². The number of carbonyl (C=O) groups is 2. The SMILES string of the molecule is CC(=O)N(CC(=O)N(C)C1CCS(=O)(=O)C1)c1ccccc1. The van der Waals surface area contributed by atoms with Crippen molar-refractivity contribution in [1.29, 1.82) is 0 Å². The number of hydrogen-bond donors (Lipinski definition) is 0. The second kappa shape index (κ2) is 6.48. The van der Waals surface area contributed by atoms with Gasteiger partial charge in [0.05, 0.1) is 11.5 Å². The zero-order chi connectivity index (χ0) is 16.3. The number of carbonyl (C=O) groups excluding carboxylic acids is 2. The number of sulfone groups is 1. The first-order chi connectivity index (χ1) is 10.3. The van der Waals surface area contributed by atoms with Crippen molar-refractivity contribution < 1.29 is 18.0 Å². The standard InChI is InChI=1S/C15H20N2O4S/c1-12(18)17(13-6-4-3-5-7-13)10-15(19)16(2)14-8-9-22(20,21)11-14/h3-7,14H,8-11H2,1-2H3. The molecule has 0 aliphatic carbocycles. The van der Waals surface area contributed by atoms with Crippen LogP contribution in [0.4, 0.5) is 5.69 Å². The third-order valence-corrected chi connectivity index (χ3v) is 5.64. The molecule has 2 rings (SSSR count). The summed E-state index contributed by atoms with van der Waals surface area (Å²) in [6.07, 6.45) is 0.454. The van der Waals surface area contributed by atoms with Gasteiger partial charge >= 0.3 is 0 Å². The van der Waals surface area contributed by atoms with Gasteiger partial charge in [0.2, 0.25) is 11.8 Å². The number of hydrogen-bond acceptors (Lipinski definition) is 4. The summed E-state index contributed by atoms with van der Waals surface area (Å²) in [6, 6.07) is 8.64. The number of benzene rings is 1. The predicted molar refractivity (Wildman–Crippen MR) is 84.3 cm³/mol. The third-order valence-electron chi connectivity index (χ3n) is 3.89. The molecule has 0 bridgehead atoms. The molecule has 0 N–H and O–H groups in total. The second-order valence-electron chi connectivity index (χ2n) is 5.50.